The predicted octanol–water partition coefficient (Wildman–Crippen LogP) is 3.44. The highest BCUT2D eigenvalue weighted by atomic mass is 32.1. The second kappa shape index (κ2) is 7.33. The number of nitrogens with one attached hydrogen (secondary N) is 1. The fraction of sp³-hybridized carbons (Fsp3) is 0.125. The summed E-state index contributed by atoms with van der Waals surface area (Å²) in [4.78, 5) is 22.3. The number of thiophene rings is 1. The topological polar surface area (TPSA) is 96.0 Å². The lowest BCUT2D eigenvalue weighted by Crippen LogP contribution is -2.27. The van der Waals surface area contributed by atoms with Crippen molar-refractivity contribution in [3.63, 3.8) is 0 Å². The van der Waals surface area contributed by atoms with E-state index in [2.05, 4.69) is 5.32 Å². The minimum absolute atomic E-state index is 0.0356. The predicted molar refractivity (Wildman–Crippen MR) is 87.6 cm³/mol. The highest BCUT2D eigenvalue weighted by molar-refractivity contribution is 7.13. The number of hydrogen-bond acceptors (Lipinski definition) is 5. The lowest BCUT2D eigenvalue weighted by atomic mass is 10.1. The Bertz CT molecular complexity index is 790. The minimum Gasteiger partial charge on any atom is -0.345 e. The van der Waals surface area contributed by atoms with Crippen LogP contribution in [0.3, 0.4) is 0 Å². The molecule has 1 N–H and O–H groups in total. The zero-order valence-corrected chi connectivity index (χ0v) is 13.0. The summed E-state index contributed by atoms with van der Waals surface area (Å²) in [6.45, 7) is 1.82. The molecule has 0 radical (unpaired) electrons. The maximum absolute atomic E-state index is 12.2. The van der Waals surface area contributed by atoms with Crippen LogP contribution in [-0.4, -0.2) is 10.8 Å². The van der Waals surface area contributed by atoms with Crippen molar-refractivity contribution in [2.24, 2.45) is 0 Å². The fourth-order valence-electron chi connectivity index (χ4n) is 1.93. The zero-order valence-electron chi connectivity index (χ0n) is 12.2. The molecule has 0 saturated heterocycles. The van der Waals surface area contributed by atoms with Gasteiger partial charge in [-0.15, -0.1) is 0 Å². The molecule has 1 aromatic carbocycles. The van der Waals surface area contributed by atoms with Crippen molar-refractivity contribution in [1.29, 1.82) is 5.26 Å². The fourth-order valence-corrected chi connectivity index (χ4v) is 2.61. The molecule has 7 heteroatoms. The first-order valence-corrected chi connectivity index (χ1v) is 7.59. The number of nitriles is 1. The van der Waals surface area contributed by atoms with Gasteiger partial charge in [0.15, 0.2) is 0 Å². The number of rotatable bonds is 5. The minimum atomic E-state index is -0.516. The van der Waals surface area contributed by atoms with Crippen molar-refractivity contribution < 1.29 is 9.72 Å². The van der Waals surface area contributed by atoms with Crippen molar-refractivity contribution in [3.8, 4) is 6.07 Å². The number of amides is 1. The van der Waals surface area contributed by atoms with Gasteiger partial charge in [-0.1, -0.05) is 41.7 Å². The Hall–Kier alpha value is -2.98. The maximum Gasteiger partial charge on any atom is 0.324 e. The van der Waals surface area contributed by atoms with E-state index in [1.807, 2.05) is 43.3 Å². The molecule has 116 valence electrons. The molecule has 0 spiro atoms. The molecule has 0 bridgehead atoms. The van der Waals surface area contributed by atoms with Crippen molar-refractivity contribution in [1.82, 2.24) is 5.32 Å². The molecule has 0 aliphatic rings. The van der Waals surface area contributed by atoms with Gasteiger partial charge in [0.05, 0.1) is 11.0 Å². The van der Waals surface area contributed by atoms with Gasteiger partial charge in [-0.05, 0) is 24.1 Å². The van der Waals surface area contributed by atoms with Crippen LogP contribution in [0.5, 0.6) is 0 Å². The van der Waals surface area contributed by atoms with Gasteiger partial charge in [0.2, 0.25) is 0 Å². The van der Waals surface area contributed by atoms with E-state index in [-0.39, 0.29) is 16.6 Å². The molecule has 23 heavy (non-hydrogen) atoms. The van der Waals surface area contributed by atoms with Crippen LogP contribution in [-0.2, 0) is 4.79 Å². The Kier molecular flexibility index (Phi) is 5.23. The molecule has 1 aromatic heterocycles. The Morgan fingerprint density at radius 1 is 1.43 bits per heavy atom. The lowest BCUT2D eigenvalue weighted by molar-refractivity contribution is -0.380. The second-order valence-electron chi connectivity index (χ2n) is 4.75. The van der Waals surface area contributed by atoms with Crippen LogP contribution in [0, 0.1) is 21.4 Å². The summed E-state index contributed by atoms with van der Waals surface area (Å²) in [6, 6.07) is 12.3. The van der Waals surface area contributed by atoms with E-state index in [0.717, 1.165) is 16.9 Å². The Balaban J connectivity index is 2.13. The smallest absolute Gasteiger partial charge is 0.324 e. The van der Waals surface area contributed by atoms with Crippen LogP contribution in [0.2, 0.25) is 0 Å². The first-order valence-electron chi connectivity index (χ1n) is 6.72. The molecule has 1 atom stereocenters. The number of carbonyl (C=O) groups is 1. The molecule has 0 fully saturated rings. The van der Waals surface area contributed by atoms with Crippen molar-refractivity contribution in [3.05, 3.63) is 68.6 Å². The van der Waals surface area contributed by atoms with Gasteiger partial charge in [0.25, 0.3) is 5.91 Å². The van der Waals surface area contributed by atoms with Gasteiger partial charge in [-0.25, -0.2) is 0 Å². The van der Waals surface area contributed by atoms with E-state index in [9.17, 15) is 14.9 Å². The van der Waals surface area contributed by atoms with E-state index in [4.69, 9.17) is 5.26 Å². The van der Waals surface area contributed by atoms with E-state index >= 15 is 0 Å². The summed E-state index contributed by atoms with van der Waals surface area (Å²) < 4.78 is 0. The van der Waals surface area contributed by atoms with Crippen LogP contribution in [0.15, 0.2) is 47.4 Å². The first-order chi connectivity index (χ1) is 11.0. The Morgan fingerprint density at radius 2 is 2.13 bits per heavy atom. The molecule has 2 aromatic rings. The molecule has 0 aliphatic heterocycles. The molecule has 1 amide bonds. The summed E-state index contributed by atoms with van der Waals surface area (Å²) >= 11 is 0.948. The summed E-state index contributed by atoms with van der Waals surface area (Å²) in [7, 11) is 0. The molecule has 0 saturated carbocycles. The zero-order chi connectivity index (χ0) is 16.8. The Labute approximate surface area is 136 Å². The third-order valence-electron chi connectivity index (χ3n) is 3.11. The number of carbonyl (C=O) groups excluding carboxylic acids is 1. The van der Waals surface area contributed by atoms with Crippen LogP contribution < -0.4 is 5.32 Å². The average molecular weight is 327 g/mol. The molecule has 2 rings (SSSR count). The van der Waals surface area contributed by atoms with Gasteiger partial charge in [-0.2, -0.15) is 5.26 Å². The van der Waals surface area contributed by atoms with E-state index < -0.39 is 10.8 Å². The van der Waals surface area contributed by atoms with Gasteiger partial charge in [-0.3, -0.25) is 14.9 Å². The summed E-state index contributed by atoms with van der Waals surface area (Å²) in [5, 5.41) is 24.0. The number of hydrogen-bond donors (Lipinski definition) is 1. The van der Waals surface area contributed by atoms with Gasteiger partial charge < -0.3 is 5.32 Å². The number of nitrogens with zero attached hydrogens (tertiary/aromatic N) is 2. The Morgan fingerprint density at radius 3 is 2.70 bits per heavy atom. The van der Waals surface area contributed by atoms with Gasteiger partial charge in [0.1, 0.15) is 11.6 Å². The molecular formula is C16H13N3O3S. The normalized spacial score (nSPS) is 12.3. The van der Waals surface area contributed by atoms with E-state index in [0.29, 0.717) is 5.56 Å². The molecule has 0 aliphatic carbocycles. The second-order valence-corrected chi connectivity index (χ2v) is 5.64. The van der Waals surface area contributed by atoms with Crippen LogP contribution in [0.4, 0.5) is 5.00 Å². The summed E-state index contributed by atoms with van der Waals surface area (Å²) in [6.07, 6.45) is 1.34. The molecular weight excluding hydrogens is 314 g/mol. The molecule has 6 nitrogen and oxygen atoms in total. The molecule has 1 heterocycles. The lowest BCUT2D eigenvalue weighted by Gasteiger charge is -2.13. The highest BCUT2D eigenvalue weighted by Gasteiger charge is 2.15. The van der Waals surface area contributed by atoms with E-state index in [1.165, 1.54) is 17.5 Å². The quantitative estimate of drug-likeness (QED) is 0.394. The third-order valence-corrected chi connectivity index (χ3v) is 4.01. The third kappa shape index (κ3) is 4.25. The summed E-state index contributed by atoms with van der Waals surface area (Å²) in [5.74, 6) is -0.516. The van der Waals surface area contributed by atoms with Gasteiger partial charge >= 0.3 is 5.00 Å². The van der Waals surface area contributed by atoms with Crippen molar-refractivity contribution in [2.45, 2.75) is 13.0 Å². The van der Waals surface area contributed by atoms with Crippen molar-refractivity contribution >= 4 is 28.3 Å². The number of benzene rings is 1. The maximum atomic E-state index is 12.2. The monoisotopic (exact) mass is 327 g/mol. The van der Waals surface area contributed by atoms with Crippen molar-refractivity contribution in [2.75, 3.05) is 0 Å². The first kappa shape index (κ1) is 16.4. The van der Waals surface area contributed by atoms with Crippen LogP contribution in [0.25, 0.3) is 6.08 Å². The molecule has 1 unspecified atom stereocenters. The average Bonchev–Trinajstić information content (AvgIpc) is 3.02. The largest absolute Gasteiger partial charge is 0.345 e. The summed E-state index contributed by atoms with van der Waals surface area (Å²) in [5.41, 5.74) is 1.28. The van der Waals surface area contributed by atoms with Crippen LogP contribution >= 0.6 is 11.3 Å². The SMILES string of the molecule is CC(NC(=O)/C(C#N)=C/c1csc([N+](=O)[O-])c1)c1ccccc1. The van der Waals surface area contributed by atoms with E-state index in [1.54, 1.807) is 0 Å². The highest BCUT2D eigenvalue weighted by Crippen LogP contribution is 2.24. The number of nitro groups is 1. The van der Waals surface area contributed by atoms with Gasteiger partial charge in [0, 0.05) is 11.4 Å². The van der Waals surface area contributed by atoms with Crippen LogP contribution in [0.1, 0.15) is 24.1 Å². The standard InChI is InChI=1S/C16H13N3O3S/c1-11(13-5-3-2-4-6-13)18-16(20)14(9-17)7-12-8-15(19(21)22)23-10-12/h2-8,10-11H,1H3,(H,18,20)/b14-7+.